The van der Waals surface area contributed by atoms with E-state index in [1.807, 2.05) is 60.6 Å². The Balaban J connectivity index is 0.00000160. The normalized spacial score (nSPS) is 34.2. The number of carbonyl (C=O) groups excluding carboxylic acids is 11. The van der Waals surface area contributed by atoms with Gasteiger partial charge in [-0.05, 0) is 74.3 Å². The van der Waals surface area contributed by atoms with Gasteiger partial charge in [0.05, 0.1) is 175 Å². The summed E-state index contributed by atoms with van der Waals surface area (Å²) in [5.41, 5.74) is 0. The Labute approximate surface area is 779 Å². The molecule has 0 aromatic carbocycles. The average molecular weight is 1920 g/mol. The Morgan fingerprint density at radius 1 is 0.403 bits per heavy atom. The molecule has 6 heterocycles. The van der Waals surface area contributed by atoms with E-state index < -0.39 is 184 Å². The molecule has 129 heavy (non-hydrogen) atoms. The van der Waals surface area contributed by atoms with E-state index in [9.17, 15) is 68.1 Å². The molecule has 0 saturated carbocycles. The van der Waals surface area contributed by atoms with Crippen molar-refractivity contribution >= 4 is 92.5 Å². The van der Waals surface area contributed by atoms with Crippen molar-refractivity contribution in [3.63, 3.8) is 0 Å². The van der Waals surface area contributed by atoms with Crippen LogP contribution in [-0.2, 0) is 142 Å². The summed E-state index contributed by atoms with van der Waals surface area (Å²) in [5, 5.41) is 68.4. The van der Waals surface area contributed by atoms with Crippen molar-refractivity contribution in [2.24, 2.45) is 53.3 Å². The first-order valence-electron chi connectivity index (χ1n) is 47.1. The minimum absolute atomic E-state index is 0.0107. The first-order valence-corrected chi connectivity index (χ1v) is 46.7. The van der Waals surface area contributed by atoms with Gasteiger partial charge >= 0.3 is 35.8 Å². The number of carbonyl (C=O) groups is 11. The van der Waals surface area contributed by atoms with Crippen molar-refractivity contribution in [1.82, 2.24) is 26.6 Å². The molecule has 0 bridgehead atoms. The summed E-state index contributed by atoms with van der Waals surface area (Å²) >= 11 is 5.45. The number of aliphatic hydroxyl groups is 4. The monoisotopic (exact) mass is 1920 g/mol. The quantitative estimate of drug-likeness (QED) is 0.0185. The van der Waals surface area contributed by atoms with Crippen LogP contribution in [0.25, 0.3) is 0 Å². The maximum absolute atomic E-state index is 12.1. The lowest BCUT2D eigenvalue weighted by atomic mass is 9.79. The minimum atomic E-state index is -1.44. The molecule has 0 aromatic rings. The largest absolute Gasteiger partial charge is 0.464 e. The number of hydrogen-bond donors (Lipinski definition) is 9. The second kappa shape index (κ2) is 66.1. The van der Waals surface area contributed by atoms with E-state index in [1.54, 1.807) is 34.1 Å². The van der Waals surface area contributed by atoms with E-state index in [1.165, 1.54) is 62.3 Å². The lowest BCUT2D eigenvalue weighted by molar-refractivity contribution is -0.281. The molecule has 36 atom stereocenters. The van der Waals surface area contributed by atoms with Crippen molar-refractivity contribution < 1.29 is 173 Å². The smallest absolute Gasteiger partial charge is 0.337 e. The van der Waals surface area contributed by atoms with Crippen LogP contribution in [0, 0.1) is 75.9 Å². The molecule has 41 nitrogen and oxygen atoms in total. The zero-order valence-corrected chi connectivity index (χ0v) is 81.0. The van der Waals surface area contributed by atoms with Gasteiger partial charge in [-0.15, -0.1) is 0 Å². The molecule has 0 aliphatic carbocycles. The van der Waals surface area contributed by atoms with E-state index in [2.05, 4.69) is 40.4 Å². The molecule has 0 spiro atoms. The molecule has 746 valence electrons. The van der Waals surface area contributed by atoms with Crippen molar-refractivity contribution in [1.29, 1.82) is 10.5 Å². The van der Waals surface area contributed by atoms with Gasteiger partial charge in [0.1, 0.15) is 56.8 Å². The average Bonchev–Trinajstić information content (AvgIpc) is 0.826. The van der Waals surface area contributed by atoms with Crippen LogP contribution in [0.2, 0.25) is 0 Å². The second-order valence-corrected chi connectivity index (χ2v) is 35.5. The van der Waals surface area contributed by atoms with E-state index >= 15 is 0 Å². The van der Waals surface area contributed by atoms with E-state index in [-0.39, 0.29) is 173 Å². The SMILES string of the molecule is CC(=O)OCC1OC(OC(C)=O)[C@H](C)[C@@H](OC(C)=O)[C@@H]1OC(C)=O.CCOC(=O)[C@@H]1OC(CO)[C@@H](O)[C@H](O)[C@H]1NC(C)=O.CP(Cl)OCCC#N.[2H]C([3H])OCC1O[C@@H](C(=O)OCC)[C@H](NC(C)=O)[C@@H](C)[C@@H]1C.[2H]C([3H])OCC1O[C@@H](CC)[C@H](NC(C)=O)[C@@H](C)[C@@H]1C.[2H]C([3H])OCC1O[C@@H](CO)[C@H](NC(C)=O)[C@@H](C)[C@@H]1C.[2H]C([3H])OCC1O[C@@H](COP(C)OCCC#N)[C@H](NC(C)=O)[C@@H](C)[C@@H]1C. The third-order valence-electron chi connectivity index (χ3n) is 21.9. The molecule has 0 aromatic heterocycles. The van der Waals surface area contributed by atoms with Crippen LogP contribution in [0.15, 0.2) is 0 Å². The molecule has 9 N–H and O–H groups in total. The lowest BCUT2D eigenvalue weighted by Gasteiger charge is -2.45. The Kier molecular flexibility index (Phi) is 55.3. The number of nitrogens with zero attached hydrogens (tertiary/aromatic N) is 2. The molecule has 6 saturated heterocycles. The van der Waals surface area contributed by atoms with Gasteiger partial charge in [0, 0.05) is 97.2 Å². The zero-order chi connectivity index (χ0) is 105. The first-order chi connectivity index (χ1) is 64.1. The Hall–Kier alpha value is -6.38. The van der Waals surface area contributed by atoms with Crippen LogP contribution >= 0.6 is 27.1 Å². The van der Waals surface area contributed by atoms with Crippen LogP contribution < -0.4 is 26.6 Å². The van der Waals surface area contributed by atoms with Gasteiger partial charge in [-0.1, -0.05) is 80.5 Å². The minimum Gasteiger partial charge on any atom is -0.464 e. The predicted molar refractivity (Wildman–Crippen MR) is 469 cm³/mol. The van der Waals surface area contributed by atoms with Crippen LogP contribution in [0.3, 0.4) is 0 Å². The summed E-state index contributed by atoms with van der Waals surface area (Å²) < 4.78 is 157. The maximum Gasteiger partial charge on any atom is 0.337 e. The Bertz CT molecular complexity index is 3570. The van der Waals surface area contributed by atoms with Crippen molar-refractivity contribution in [2.75, 3.05) is 121 Å². The molecular weight excluding hydrogens is 1760 g/mol. The highest BCUT2D eigenvalue weighted by molar-refractivity contribution is 7.79. The van der Waals surface area contributed by atoms with E-state index in [4.69, 9.17) is 127 Å². The van der Waals surface area contributed by atoms with Gasteiger partial charge in [-0.2, -0.15) is 10.5 Å². The number of hydrogen-bond acceptors (Lipinski definition) is 36. The summed E-state index contributed by atoms with van der Waals surface area (Å²) in [7, 11) is -7.32. The number of aliphatic hydroxyl groups excluding tert-OH is 4. The fourth-order valence-corrected chi connectivity index (χ4v) is 16.0. The molecule has 13 unspecified atom stereocenters. The fourth-order valence-electron chi connectivity index (χ4n) is 14.7. The number of methoxy groups -OCH3 is 4. The number of amides is 5. The highest BCUT2D eigenvalue weighted by Crippen LogP contribution is 2.40. The third-order valence-corrected chi connectivity index (χ3v) is 23.8. The third kappa shape index (κ3) is 44.6. The molecule has 6 aliphatic heterocycles. The van der Waals surface area contributed by atoms with Gasteiger partial charge in [0.25, 0.3) is 0 Å². The number of nitrogens with one attached hydrogen (secondary N) is 5. The highest BCUT2D eigenvalue weighted by atomic mass is 35.7. The lowest BCUT2D eigenvalue weighted by Crippen LogP contribution is -2.66. The molecule has 44 heteroatoms. The molecule has 0 radical (unpaired) electrons. The molecule has 6 rings (SSSR count). The maximum atomic E-state index is 12.1. The van der Waals surface area contributed by atoms with E-state index in [0.717, 1.165) is 6.42 Å². The number of esters is 6. The van der Waals surface area contributed by atoms with Crippen molar-refractivity contribution in [3.8, 4) is 12.1 Å². The van der Waals surface area contributed by atoms with E-state index in [0.29, 0.717) is 26.1 Å². The number of rotatable bonds is 34. The van der Waals surface area contributed by atoms with Gasteiger partial charge in [0.15, 0.2) is 26.7 Å². The Morgan fingerprint density at radius 2 is 0.760 bits per heavy atom. The fraction of sp³-hybridized carbons (Fsp3) is 0.847. The number of nitriles is 2. The summed E-state index contributed by atoms with van der Waals surface area (Å²) in [5.74, 6) is -4.54. The Morgan fingerprint density at radius 3 is 1.14 bits per heavy atom. The standard InChI is InChI=1S/C16H29N2O5P.C15H22O9.C14H25NO5.C13H25NO3.C12H23NO4.C11H19NO7.C4H7ClNOP/c1-11-12(2)16(18-13(3)19)15(23-14(11)9-20-4)10-22-24(5)21-8-6-7-17;1-7-13(21-9(3)17)14(22-10(4)18)12(6-20-8(2)16)24-15(7)23-11(5)19;1-6-19-14(17)13-12(15-10(4)16)9(3)8(2)11(20-13)7-18-5;1-6-11-13(14-10(4)15)9(3)8(2)12(17-11)7-16-5;1-7-8(2)12(13-9(3)15)10(5-14)17-11(7)6-16-4;1-3-18-11(17)10-7(12-5(2)14)9(16)8(15)6(4-13)19-10;1-8(5)7-4-2-3-6/h11-12,14-16H,6,8-10H2,1-5H3,(H,18,19);7,12-15H,6H2,1-5H3;8-9,11-13H,6-7H2,1-5H3,(H,15,16);8-9,11-13H,6-7H2,1-5H3,(H,14,15);7-8,10-12,14H,5-6H2,1-4H3,(H,13,15);6-10,13,15-16H,3-4H2,1-2H3,(H,12,14);2,4H2,1H3/t11-,12-,14?,15-,16+,24?;7-,12?,13-,14-,15?;8-,9-,11?,12+,13+;8-,9-,11-,12?,13+;7-,8-,10-,11?,12+;6?,7-,8-,9-,10-;/m010001./s1/i4TD;;2*5TD;4TD;;/t4?,11-,12-,14?,15-,16+,24?;;5?,8-,9-,11?,12+,13+;5?,8-,9-,11-,12?,13+;4?,7-,8-,10-,11?,12+;;. The summed E-state index contributed by atoms with van der Waals surface area (Å²) in [4.78, 5) is 125. The first kappa shape index (κ1) is 108. The van der Waals surface area contributed by atoms with Crippen molar-refractivity contribution in [2.45, 2.75) is 293 Å². The zero-order valence-electron chi connectivity index (χ0n) is 86.4. The number of halogens is 1. The van der Waals surface area contributed by atoms with Gasteiger partial charge in [-0.25, -0.2) is 9.59 Å². The predicted octanol–water partition coefficient (Wildman–Crippen LogP) is 4.53. The van der Waals surface area contributed by atoms with Crippen molar-refractivity contribution in [3.05, 3.63) is 0 Å². The second-order valence-electron chi connectivity index (χ2n) is 31.5. The van der Waals surface area contributed by atoms with Crippen LogP contribution in [0.1, 0.15) is 176 Å². The summed E-state index contributed by atoms with van der Waals surface area (Å²) in [6.45, 7) is 39.3. The topological polar surface area (TPSA) is 552 Å². The summed E-state index contributed by atoms with van der Waals surface area (Å²) in [6.07, 6.45) is -10.6. The van der Waals surface area contributed by atoms with Gasteiger partial charge in [0.2, 0.25) is 35.8 Å². The number of ether oxygens (including phenoxy) is 16. The van der Waals surface area contributed by atoms with Gasteiger partial charge in [-0.3, -0.25) is 43.2 Å². The molecule has 6 aliphatic rings. The van der Waals surface area contributed by atoms with Crippen LogP contribution in [-0.4, -0.2) is 335 Å². The molecule has 6 fully saturated rings. The molecule has 5 amide bonds. The van der Waals surface area contributed by atoms with Crippen LogP contribution in [0.4, 0.5) is 0 Å². The highest BCUT2D eigenvalue weighted by Gasteiger charge is 2.52. The molecular formula is C85H150ClN7O34P2. The van der Waals surface area contributed by atoms with Gasteiger partial charge < -0.3 is 136 Å². The summed E-state index contributed by atoms with van der Waals surface area (Å²) in [6, 6.07) is 1.90. The van der Waals surface area contributed by atoms with Crippen LogP contribution in [0.5, 0.6) is 0 Å².